The van der Waals surface area contributed by atoms with Gasteiger partial charge in [-0.05, 0) is 12.1 Å². The van der Waals surface area contributed by atoms with Crippen molar-refractivity contribution in [3.8, 4) is 6.07 Å². The topological polar surface area (TPSA) is 57.9 Å². The molecular formula is C7H3F2NO2S. The van der Waals surface area contributed by atoms with Crippen LogP contribution >= 0.6 is 0 Å². The lowest BCUT2D eigenvalue weighted by molar-refractivity contribution is 0.566. The number of halogens is 2. The summed E-state index contributed by atoms with van der Waals surface area (Å²) < 4.78 is 46.1. The lowest BCUT2D eigenvalue weighted by atomic mass is 10.2. The van der Waals surface area contributed by atoms with Gasteiger partial charge in [-0.15, -0.1) is 0 Å². The van der Waals surface area contributed by atoms with Crippen LogP contribution in [0.1, 0.15) is 5.56 Å². The maximum atomic E-state index is 12.7. The Morgan fingerprint density at radius 3 is 2.00 bits per heavy atom. The van der Waals surface area contributed by atoms with Gasteiger partial charge in [-0.2, -0.15) is 5.26 Å². The largest absolute Gasteiger partial charge is 0.227 e. The van der Waals surface area contributed by atoms with Gasteiger partial charge in [0.1, 0.15) is 23.3 Å². The van der Waals surface area contributed by atoms with Gasteiger partial charge in [-0.1, -0.05) is 0 Å². The minimum absolute atomic E-state index is 0.482. The molecule has 0 atom stereocenters. The number of hydrogen-bond acceptors (Lipinski definition) is 3. The second-order valence-electron chi connectivity index (χ2n) is 2.15. The van der Waals surface area contributed by atoms with Gasteiger partial charge >= 0.3 is 0 Å². The van der Waals surface area contributed by atoms with E-state index >= 15 is 0 Å². The van der Waals surface area contributed by atoms with Crippen LogP contribution in [0.4, 0.5) is 8.78 Å². The number of hydrogen-bond donors (Lipinski definition) is 1. The van der Waals surface area contributed by atoms with E-state index in [1.54, 1.807) is 0 Å². The van der Waals surface area contributed by atoms with Gasteiger partial charge in [0.25, 0.3) is 0 Å². The van der Waals surface area contributed by atoms with E-state index < -0.39 is 32.8 Å². The summed E-state index contributed by atoms with van der Waals surface area (Å²) in [7, 11) is -3.03. The lowest BCUT2D eigenvalue weighted by Crippen LogP contribution is -1.93. The molecular weight excluding hydrogens is 200 g/mol. The highest BCUT2D eigenvalue weighted by Crippen LogP contribution is 2.14. The molecule has 0 saturated carbocycles. The molecule has 0 aromatic heterocycles. The SMILES string of the molecule is N#Cc1c(F)cc([SH](=O)=O)cc1F. The van der Waals surface area contributed by atoms with Crippen molar-refractivity contribution in [2.75, 3.05) is 0 Å². The highest BCUT2D eigenvalue weighted by Gasteiger charge is 2.11. The molecule has 0 amide bonds. The Bertz CT molecular complexity index is 431. The first-order chi connectivity index (χ1) is 6.06. The van der Waals surface area contributed by atoms with Crippen LogP contribution in [0.3, 0.4) is 0 Å². The zero-order valence-electron chi connectivity index (χ0n) is 6.12. The number of nitrogens with zero attached hydrogens (tertiary/aromatic N) is 1. The summed E-state index contributed by atoms with van der Waals surface area (Å²) in [4.78, 5) is -0.482. The van der Waals surface area contributed by atoms with Gasteiger partial charge in [-0.25, -0.2) is 17.2 Å². The Morgan fingerprint density at radius 2 is 1.69 bits per heavy atom. The number of benzene rings is 1. The van der Waals surface area contributed by atoms with Gasteiger partial charge in [0.2, 0.25) is 0 Å². The van der Waals surface area contributed by atoms with Gasteiger partial charge < -0.3 is 0 Å². The molecule has 0 aliphatic carbocycles. The van der Waals surface area contributed by atoms with Crippen molar-refractivity contribution in [3.05, 3.63) is 29.3 Å². The standard InChI is InChI=1S/C7H3F2NO2S/c8-6-1-4(13(11)12)2-7(9)5(6)3-10/h1-2,13H. The van der Waals surface area contributed by atoms with Gasteiger partial charge in [0.05, 0.1) is 4.90 Å². The Labute approximate surface area is 74.2 Å². The average molecular weight is 203 g/mol. The molecule has 1 aromatic rings. The highest BCUT2D eigenvalue weighted by atomic mass is 32.2. The van der Waals surface area contributed by atoms with Crippen molar-refractivity contribution in [2.45, 2.75) is 4.90 Å². The summed E-state index contributed by atoms with van der Waals surface area (Å²) in [6.07, 6.45) is 0. The van der Waals surface area contributed by atoms with Crippen molar-refractivity contribution in [2.24, 2.45) is 0 Å². The first-order valence-corrected chi connectivity index (χ1v) is 4.27. The van der Waals surface area contributed by atoms with Crippen LogP contribution in [0, 0.1) is 23.0 Å². The monoisotopic (exact) mass is 203 g/mol. The molecule has 0 heterocycles. The van der Waals surface area contributed by atoms with E-state index in [0.717, 1.165) is 0 Å². The Morgan fingerprint density at radius 1 is 1.23 bits per heavy atom. The molecule has 0 radical (unpaired) electrons. The van der Waals surface area contributed by atoms with Gasteiger partial charge in [0, 0.05) is 0 Å². The molecule has 0 spiro atoms. The molecule has 1 rings (SSSR count). The number of rotatable bonds is 1. The zero-order valence-corrected chi connectivity index (χ0v) is 7.02. The normalized spacial score (nSPS) is 10.0. The predicted octanol–water partition coefficient (Wildman–Crippen LogP) is 0.807. The van der Waals surface area contributed by atoms with E-state index in [2.05, 4.69) is 0 Å². The molecule has 0 N–H and O–H groups in total. The lowest BCUT2D eigenvalue weighted by Gasteiger charge is -1.96. The van der Waals surface area contributed by atoms with Crippen LogP contribution in [-0.2, 0) is 10.7 Å². The number of nitriles is 1. The van der Waals surface area contributed by atoms with Crippen LogP contribution in [0.25, 0.3) is 0 Å². The summed E-state index contributed by atoms with van der Waals surface area (Å²) in [6, 6.07) is 2.49. The third kappa shape index (κ3) is 1.81. The van der Waals surface area contributed by atoms with E-state index in [9.17, 15) is 17.2 Å². The summed E-state index contributed by atoms with van der Waals surface area (Å²) in [5.74, 6) is -2.34. The van der Waals surface area contributed by atoms with Crippen molar-refractivity contribution in [3.63, 3.8) is 0 Å². The zero-order chi connectivity index (χ0) is 10.0. The second-order valence-corrected chi connectivity index (χ2v) is 3.18. The van der Waals surface area contributed by atoms with Crippen molar-refractivity contribution in [1.29, 1.82) is 5.26 Å². The van der Waals surface area contributed by atoms with Crippen LogP contribution < -0.4 is 0 Å². The Hall–Kier alpha value is -1.48. The van der Waals surface area contributed by atoms with Crippen molar-refractivity contribution in [1.82, 2.24) is 0 Å². The molecule has 13 heavy (non-hydrogen) atoms. The van der Waals surface area contributed by atoms with Crippen LogP contribution in [0.2, 0.25) is 0 Å². The summed E-state index contributed by atoms with van der Waals surface area (Å²) in [5.41, 5.74) is -0.777. The van der Waals surface area contributed by atoms with Crippen LogP contribution in [0.15, 0.2) is 17.0 Å². The molecule has 3 nitrogen and oxygen atoms in total. The third-order valence-electron chi connectivity index (χ3n) is 1.35. The van der Waals surface area contributed by atoms with E-state index in [1.807, 2.05) is 0 Å². The minimum atomic E-state index is -3.03. The molecule has 0 aliphatic rings. The average Bonchev–Trinajstić information content (AvgIpc) is 2.03. The van der Waals surface area contributed by atoms with Crippen molar-refractivity contribution >= 4 is 10.7 Å². The van der Waals surface area contributed by atoms with Crippen LogP contribution in [-0.4, -0.2) is 8.42 Å². The van der Waals surface area contributed by atoms with Gasteiger partial charge in [-0.3, -0.25) is 0 Å². The molecule has 0 bridgehead atoms. The summed E-state index contributed by atoms with van der Waals surface area (Å²) >= 11 is 0. The number of thiol groups is 1. The third-order valence-corrected chi connectivity index (χ3v) is 2.03. The van der Waals surface area contributed by atoms with Gasteiger partial charge in [0.15, 0.2) is 10.7 Å². The molecule has 6 heteroatoms. The first kappa shape index (κ1) is 9.61. The fraction of sp³-hybridized carbons (Fsp3) is 0. The molecule has 0 saturated heterocycles. The predicted molar refractivity (Wildman–Crippen MR) is 39.7 cm³/mol. The summed E-state index contributed by atoms with van der Waals surface area (Å²) in [6.45, 7) is 0. The van der Waals surface area contributed by atoms with E-state index in [1.165, 1.54) is 6.07 Å². The van der Waals surface area contributed by atoms with Crippen LogP contribution in [0.5, 0.6) is 0 Å². The molecule has 1 aromatic carbocycles. The Kier molecular flexibility index (Phi) is 2.58. The quantitative estimate of drug-likeness (QED) is 0.687. The molecule has 0 unspecified atom stereocenters. The molecule has 0 fully saturated rings. The minimum Gasteiger partial charge on any atom is -0.227 e. The summed E-state index contributed by atoms with van der Waals surface area (Å²) in [5, 5.41) is 8.25. The highest BCUT2D eigenvalue weighted by molar-refractivity contribution is 7.72. The van der Waals surface area contributed by atoms with Crippen molar-refractivity contribution < 1.29 is 17.2 Å². The first-order valence-electron chi connectivity index (χ1n) is 3.10. The second kappa shape index (κ2) is 3.49. The smallest absolute Gasteiger partial charge is 0.168 e. The maximum absolute atomic E-state index is 12.7. The fourth-order valence-corrected chi connectivity index (χ4v) is 1.21. The molecule has 68 valence electrons. The maximum Gasteiger partial charge on any atom is 0.168 e. The van der Waals surface area contributed by atoms with E-state index in [0.29, 0.717) is 12.1 Å². The van der Waals surface area contributed by atoms with E-state index in [-0.39, 0.29) is 0 Å². The fourth-order valence-electron chi connectivity index (χ4n) is 0.772. The molecule has 0 aliphatic heterocycles. The van der Waals surface area contributed by atoms with E-state index in [4.69, 9.17) is 5.26 Å². The Balaban J connectivity index is 3.47.